The summed E-state index contributed by atoms with van der Waals surface area (Å²) in [5, 5.41) is 2.68. The molecule has 2 aromatic carbocycles. The summed E-state index contributed by atoms with van der Waals surface area (Å²) >= 11 is 0. The van der Waals surface area contributed by atoms with E-state index in [1.165, 1.54) is 4.90 Å². The van der Waals surface area contributed by atoms with Gasteiger partial charge in [0.15, 0.2) is 6.61 Å². The maximum Gasteiger partial charge on any atom is 0.325 e. The Morgan fingerprint density at radius 3 is 2.70 bits per heavy atom. The average molecular weight is 368 g/mol. The molecule has 1 N–H and O–H groups in total. The molecule has 0 fully saturated rings. The number of anilines is 1. The number of benzene rings is 2. The molecule has 0 bridgehead atoms. The molecule has 0 atom stereocenters. The molecule has 2 aromatic rings. The van der Waals surface area contributed by atoms with E-state index in [9.17, 15) is 14.4 Å². The summed E-state index contributed by atoms with van der Waals surface area (Å²) in [5.74, 6) is -0.586. The van der Waals surface area contributed by atoms with E-state index in [1.54, 1.807) is 25.1 Å². The SMILES string of the molecule is CCOC(=O)CN(Cc1ccccc1)C(=O)c1ccc2c(c1)NC(=O)CO2. The fourth-order valence-corrected chi connectivity index (χ4v) is 2.76. The summed E-state index contributed by atoms with van der Waals surface area (Å²) in [6.07, 6.45) is 0. The van der Waals surface area contributed by atoms with Crippen molar-refractivity contribution < 1.29 is 23.9 Å². The minimum Gasteiger partial charge on any atom is -0.482 e. The number of fused-ring (bicyclic) bond motifs is 1. The van der Waals surface area contributed by atoms with Crippen LogP contribution < -0.4 is 10.1 Å². The number of nitrogens with one attached hydrogen (secondary N) is 1. The van der Waals surface area contributed by atoms with Crippen molar-refractivity contribution in [1.29, 1.82) is 0 Å². The van der Waals surface area contributed by atoms with E-state index in [4.69, 9.17) is 9.47 Å². The molecule has 1 heterocycles. The maximum absolute atomic E-state index is 13.0. The van der Waals surface area contributed by atoms with Crippen LogP contribution in [0.3, 0.4) is 0 Å². The van der Waals surface area contributed by atoms with Gasteiger partial charge in [0.2, 0.25) is 0 Å². The smallest absolute Gasteiger partial charge is 0.325 e. The minimum atomic E-state index is -0.476. The standard InChI is InChI=1S/C20H20N2O5/c1-2-26-19(24)12-22(11-14-6-4-3-5-7-14)20(25)15-8-9-17-16(10-15)21-18(23)13-27-17/h3-10H,2,11-13H2,1H3,(H,21,23). The summed E-state index contributed by atoms with van der Waals surface area (Å²) in [5.41, 5.74) is 1.68. The quantitative estimate of drug-likeness (QED) is 0.791. The van der Waals surface area contributed by atoms with E-state index in [-0.39, 0.29) is 38.1 Å². The lowest BCUT2D eigenvalue weighted by Gasteiger charge is -2.23. The molecule has 0 aromatic heterocycles. The number of hydrogen-bond acceptors (Lipinski definition) is 5. The monoisotopic (exact) mass is 368 g/mol. The molecule has 2 amide bonds. The van der Waals surface area contributed by atoms with Gasteiger partial charge >= 0.3 is 5.97 Å². The average Bonchev–Trinajstić information content (AvgIpc) is 2.67. The van der Waals surface area contributed by atoms with Gasteiger partial charge in [-0.3, -0.25) is 14.4 Å². The van der Waals surface area contributed by atoms with Gasteiger partial charge in [-0.1, -0.05) is 30.3 Å². The zero-order valence-electron chi connectivity index (χ0n) is 14.9. The van der Waals surface area contributed by atoms with E-state index in [2.05, 4.69) is 5.32 Å². The topological polar surface area (TPSA) is 84.9 Å². The van der Waals surface area contributed by atoms with Gasteiger partial charge in [0.05, 0.1) is 12.3 Å². The van der Waals surface area contributed by atoms with Gasteiger partial charge in [-0.05, 0) is 30.7 Å². The van der Waals surface area contributed by atoms with Gasteiger partial charge in [-0.15, -0.1) is 0 Å². The van der Waals surface area contributed by atoms with Crippen LogP contribution in [-0.2, 0) is 20.9 Å². The second kappa shape index (κ2) is 8.35. The number of esters is 1. The van der Waals surface area contributed by atoms with Crippen LogP contribution in [0.2, 0.25) is 0 Å². The Labute approximate surface area is 156 Å². The number of rotatable bonds is 6. The lowest BCUT2D eigenvalue weighted by atomic mass is 10.1. The molecule has 3 rings (SSSR count). The van der Waals surface area contributed by atoms with Crippen molar-refractivity contribution in [3.63, 3.8) is 0 Å². The largest absolute Gasteiger partial charge is 0.482 e. The lowest BCUT2D eigenvalue weighted by Crippen LogP contribution is -2.36. The summed E-state index contributed by atoms with van der Waals surface area (Å²) in [4.78, 5) is 37.9. The van der Waals surface area contributed by atoms with Crippen LogP contribution in [-0.4, -0.2) is 42.4 Å². The molecule has 1 aliphatic heterocycles. The number of amides is 2. The molecule has 0 spiro atoms. The Hall–Kier alpha value is -3.35. The molecule has 7 heteroatoms. The van der Waals surface area contributed by atoms with Crippen LogP contribution in [0, 0.1) is 0 Å². The van der Waals surface area contributed by atoms with E-state index in [1.807, 2.05) is 30.3 Å². The van der Waals surface area contributed by atoms with Crippen molar-refractivity contribution in [2.24, 2.45) is 0 Å². The number of carbonyl (C=O) groups is 3. The van der Waals surface area contributed by atoms with Gasteiger partial charge < -0.3 is 19.7 Å². The van der Waals surface area contributed by atoms with Crippen molar-refractivity contribution >= 4 is 23.5 Å². The minimum absolute atomic E-state index is 0.0523. The number of ether oxygens (including phenoxy) is 2. The normalized spacial score (nSPS) is 12.4. The highest BCUT2D eigenvalue weighted by molar-refractivity contribution is 6.00. The highest BCUT2D eigenvalue weighted by Gasteiger charge is 2.23. The summed E-state index contributed by atoms with van der Waals surface area (Å²) in [6, 6.07) is 14.2. The second-order valence-corrected chi connectivity index (χ2v) is 6.00. The van der Waals surface area contributed by atoms with Crippen LogP contribution in [0.4, 0.5) is 5.69 Å². The van der Waals surface area contributed by atoms with Crippen LogP contribution in [0.5, 0.6) is 5.75 Å². The zero-order valence-corrected chi connectivity index (χ0v) is 14.9. The first kappa shape index (κ1) is 18.4. The Bertz CT molecular complexity index is 851. The van der Waals surface area contributed by atoms with E-state index >= 15 is 0 Å². The van der Waals surface area contributed by atoms with Crippen LogP contribution in [0.1, 0.15) is 22.8 Å². The van der Waals surface area contributed by atoms with Gasteiger partial charge in [0.25, 0.3) is 11.8 Å². The Kier molecular flexibility index (Phi) is 5.71. The van der Waals surface area contributed by atoms with Gasteiger partial charge in [0.1, 0.15) is 12.3 Å². The Morgan fingerprint density at radius 2 is 1.96 bits per heavy atom. The Morgan fingerprint density at radius 1 is 1.19 bits per heavy atom. The molecule has 27 heavy (non-hydrogen) atoms. The molecule has 140 valence electrons. The van der Waals surface area contributed by atoms with E-state index in [0.717, 1.165) is 5.56 Å². The van der Waals surface area contributed by atoms with Crippen molar-refractivity contribution in [2.75, 3.05) is 25.1 Å². The van der Waals surface area contributed by atoms with E-state index in [0.29, 0.717) is 17.0 Å². The van der Waals surface area contributed by atoms with Crippen molar-refractivity contribution in [1.82, 2.24) is 4.90 Å². The molecule has 0 radical (unpaired) electrons. The molecule has 7 nitrogen and oxygen atoms in total. The fourth-order valence-electron chi connectivity index (χ4n) is 2.76. The summed E-state index contributed by atoms with van der Waals surface area (Å²) in [6.45, 7) is 2.01. The third-order valence-corrected chi connectivity index (χ3v) is 3.99. The highest BCUT2D eigenvalue weighted by Crippen LogP contribution is 2.29. The molecule has 0 saturated heterocycles. The predicted molar refractivity (Wildman–Crippen MR) is 98.4 cm³/mol. The van der Waals surface area contributed by atoms with Crippen LogP contribution in [0.25, 0.3) is 0 Å². The van der Waals surface area contributed by atoms with Crippen molar-refractivity contribution in [2.45, 2.75) is 13.5 Å². The van der Waals surface area contributed by atoms with Crippen LogP contribution in [0.15, 0.2) is 48.5 Å². The first-order chi connectivity index (χ1) is 13.1. The molecular formula is C20H20N2O5. The number of nitrogens with zero attached hydrogens (tertiary/aromatic N) is 1. The molecule has 1 aliphatic rings. The third-order valence-electron chi connectivity index (χ3n) is 3.99. The third kappa shape index (κ3) is 4.63. The van der Waals surface area contributed by atoms with E-state index < -0.39 is 5.97 Å². The zero-order chi connectivity index (χ0) is 19.2. The lowest BCUT2D eigenvalue weighted by molar-refractivity contribution is -0.144. The summed E-state index contributed by atoms with van der Waals surface area (Å²) < 4.78 is 10.3. The highest BCUT2D eigenvalue weighted by atomic mass is 16.5. The van der Waals surface area contributed by atoms with Crippen molar-refractivity contribution in [3.05, 3.63) is 59.7 Å². The van der Waals surface area contributed by atoms with Gasteiger partial charge in [-0.2, -0.15) is 0 Å². The van der Waals surface area contributed by atoms with Crippen molar-refractivity contribution in [3.8, 4) is 5.75 Å². The first-order valence-electron chi connectivity index (χ1n) is 8.62. The molecular weight excluding hydrogens is 348 g/mol. The Balaban J connectivity index is 1.84. The molecule has 0 aliphatic carbocycles. The second-order valence-electron chi connectivity index (χ2n) is 6.00. The van der Waals surface area contributed by atoms with Gasteiger partial charge in [-0.25, -0.2) is 0 Å². The number of carbonyl (C=O) groups excluding carboxylic acids is 3. The molecule has 0 unspecified atom stereocenters. The molecule has 0 saturated carbocycles. The van der Waals surface area contributed by atoms with Crippen LogP contribution >= 0.6 is 0 Å². The maximum atomic E-state index is 13.0. The predicted octanol–water partition coefficient (Wildman–Crippen LogP) is 2.22. The first-order valence-corrected chi connectivity index (χ1v) is 8.62. The van der Waals surface area contributed by atoms with Gasteiger partial charge in [0, 0.05) is 12.1 Å². The fraction of sp³-hybridized carbons (Fsp3) is 0.250. The number of hydrogen-bond donors (Lipinski definition) is 1. The summed E-state index contributed by atoms with van der Waals surface area (Å²) in [7, 11) is 0.